The van der Waals surface area contributed by atoms with Crippen molar-refractivity contribution >= 4 is 54.1 Å². The van der Waals surface area contributed by atoms with E-state index in [1.54, 1.807) is 0 Å². The van der Waals surface area contributed by atoms with Gasteiger partial charge in [0, 0.05) is 38.7 Å². The summed E-state index contributed by atoms with van der Waals surface area (Å²) in [5.41, 5.74) is 15.4. The highest BCUT2D eigenvalue weighted by molar-refractivity contribution is 6.28. The maximum absolute atomic E-state index is 5.27. The van der Waals surface area contributed by atoms with Gasteiger partial charge in [-0.15, -0.1) is 0 Å². The first-order valence-electron chi connectivity index (χ1n) is 22.9. The summed E-state index contributed by atoms with van der Waals surface area (Å²) in [4.78, 5) is 10.5. The van der Waals surface area contributed by atoms with Crippen molar-refractivity contribution in [3.8, 4) is 73.0 Å². The molecule has 0 bridgehead atoms. The summed E-state index contributed by atoms with van der Waals surface area (Å²) < 4.78 is 2.40. The second kappa shape index (κ2) is 16.0. The van der Waals surface area contributed by atoms with Crippen LogP contribution >= 0.6 is 0 Å². The molecule has 0 spiro atoms. The Morgan fingerprint density at radius 3 is 1.60 bits per heavy atom. The molecule has 312 valence electrons. The highest BCUT2D eigenvalue weighted by Gasteiger charge is 2.20. The van der Waals surface area contributed by atoms with Crippen molar-refractivity contribution in [3.63, 3.8) is 0 Å². The molecule has 0 unspecified atom stereocenters. The molecular weight excluding hydrogens is 811 g/mol. The van der Waals surface area contributed by atoms with Crippen LogP contribution in [0, 0.1) is 0 Å². The molecule has 0 aliphatic rings. The Morgan fingerprint density at radius 2 is 0.836 bits per heavy atom. The third-order valence-corrected chi connectivity index (χ3v) is 13.4. The van der Waals surface area contributed by atoms with Crippen molar-refractivity contribution in [2.24, 2.45) is 0 Å². The fraction of sp³-hybridized carbons (Fsp3) is 0. The van der Waals surface area contributed by atoms with Crippen molar-refractivity contribution in [2.75, 3.05) is 0 Å². The maximum atomic E-state index is 5.27. The van der Waals surface area contributed by atoms with E-state index >= 15 is 0 Å². The Morgan fingerprint density at radius 1 is 0.299 bits per heavy atom. The molecule has 0 aliphatic carbocycles. The average Bonchev–Trinajstić information content (AvgIpc) is 3.75. The Balaban J connectivity index is 0.965. The zero-order valence-corrected chi connectivity index (χ0v) is 36.5. The Hall–Kier alpha value is -8.92. The monoisotopic (exact) mass is 851 g/mol. The van der Waals surface area contributed by atoms with Gasteiger partial charge < -0.3 is 4.57 Å². The molecular formula is C64H41N3. The van der Waals surface area contributed by atoms with E-state index in [-0.39, 0.29) is 0 Å². The molecule has 3 nitrogen and oxygen atoms in total. The van der Waals surface area contributed by atoms with Crippen molar-refractivity contribution in [2.45, 2.75) is 0 Å². The van der Waals surface area contributed by atoms with E-state index < -0.39 is 0 Å². The highest BCUT2D eigenvalue weighted by atomic mass is 15.0. The fourth-order valence-corrected chi connectivity index (χ4v) is 10.4. The first-order chi connectivity index (χ1) is 33.2. The summed E-state index contributed by atoms with van der Waals surface area (Å²) in [5, 5.41) is 9.92. The molecule has 0 atom stereocenters. The third kappa shape index (κ3) is 6.51. The number of aromatic nitrogens is 3. The van der Waals surface area contributed by atoms with Gasteiger partial charge in [-0.3, -0.25) is 0 Å². The predicted octanol–water partition coefficient (Wildman–Crippen LogP) is 17.0. The summed E-state index contributed by atoms with van der Waals surface area (Å²) in [7, 11) is 0. The van der Waals surface area contributed by atoms with Gasteiger partial charge >= 0.3 is 0 Å². The number of rotatable bonds is 7. The lowest BCUT2D eigenvalue weighted by atomic mass is 9.84. The van der Waals surface area contributed by atoms with Gasteiger partial charge in [0.1, 0.15) is 0 Å². The van der Waals surface area contributed by atoms with Gasteiger partial charge in [-0.25, -0.2) is 9.97 Å². The summed E-state index contributed by atoms with van der Waals surface area (Å²) >= 11 is 0. The molecule has 0 saturated heterocycles. The van der Waals surface area contributed by atoms with E-state index in [1.165, 1.54) is 70.8 Å². The largest absolute Gasteiger partial charge is 0.309 e. The van der Waals surface area contributed by atoms with E-state index in [2.05, 4.69) is 235 Å². The number of nitrogens with zero attached hydrogens (tertiary/aromatic N) is 3. The van der Waals surface area contributed by atoms with Crippen molar-refractivity contribution in [1.29, 1.82) is 0 Å². The Labute approximate surface area is 388 Å². The van der Waals surface area contributed by atoms with Crippen LogP contribution < -0.4 is 0 Å². The lowest BCUT2D eigenvalue weighted by Crippen LogP contribution is -1.97. The molecule has 13 aromatic rings. The third-order valence-electron chi connectivity index (χ3n) is 13.4. The summed E-state index contributed by atoms with van der Waals surface area (Å²) in [5.74, 6) is 0.689. The van der Waals surface area contributed by atoms with Crippen LogP contribution in [0.4, 0.5) is 0 Å². The van der Waals surface area contributed by atoms with Crippen LogP contribution in [-0.2, 0) is 0 Å². The van der Waals surface area contributed by atoms with Crippen LogP contribution in [0.2, 0.25) is 0 Å². The van der Waals surface area contributed by atoms with Gasteiger partial charge in [0.25, 0.3) is 0 Å². The van der Waals surface area contributed by atoms with Gasteiger partial charge in [0.15, 0.2) is 5.82 Å². The van der Waals surface area contributed by atoms with Gasteiger partial charge in [0.05, 0.1) is 22.4 Å². The predicted molar refractivity (Wildman–Crippen MR) is 282 cm³/mol. The van der Waals surface area contributed by atoms with Crippen LogP contribution in [0.5, 0.6) is 0 Å². The van der Waals surface area contributed by atoms with Crippen molar-refractivity contribution < 1.29 is 0 Å². The molecule has 2 aromatic heterocycles. The minimum absolute atomic E-state index is 0.689. The van der Waals surface area contributed by atoms with E-state index in [1.807, 2.05) is 18.2 Å². The fourth-order valence-electron chi connectivity index (χ4n) is 10.4. The average molecular weight is 852 g/mol. The second-order valence-corrected chi connectivity index (χ2v) is 17.2. The minimum atomic E-state index is 0.689. The number of para-hydroxylation sites is 3. The first kappa shape index (κ1) is 38.5. The molecule has 67 heavy (non-hydrogen) atoms. The van der Waals surface area contributed by atoms with Crippen LogP contribution in [0.15, 0.2) is 249 Å². The Kier molecular flexibility index (Phi) is 9.17. The topological polar surface area (TPSA) is 30.7 Å². The quantitative estimate of drug-likeness (QED) is 0.118. The molecule has 0 saturated carbocycles. The van der Waals surface area contributed by atoms with Crippen LogP contribution in [0.3, 0.4) is 0 Å². The molecule has 13 rings (SSSR count). The van der Waals surface area contributed by atoms with E-state index in [4.69, 9.17) is 9.97 Å². The van der Waals surface area contributed by atoms with Crippen molar-refractivity contribution in [1.82, 2.24) is 14.5 Å². The van der Waals surface area contributed by atoms with E-state index in [9.17, 15) is 0 Å². The number of fused-ring (bicyclic) bond motifs is 7. The zero-order valence-electron chi connectivity index (χ0n) is 36.5. The molecule has 3 heteroatoms. The number of hydrogen-bond donors (Lipinski definition) is 0. The lowest BCUT2D eigenvalue weighted by Gasteiger charge is -2.19. The summed E-state index contributed by atoms with van der Waals surface area (Å²) in [6.45, 7) is 0. The van der Waals surface area contributed by atoms with Crippen molar-refractivity contribution in [3.05, 3.63) is 249 Å². The zero-order chi connectivity index (χ0) is 44.3. The molecule has 0 radical (unpaired) electrons. The van der Waals surface area contributed by atoms with Crippen LogP contribution in [0.25, 0.3) is 127 Å². The Bertz CT molecular complexity index is 4000. The normalized spacial score (nSPS) is 11.6. The molecule has 0 fully saturated rings. The van der Waals surface area contributed by atoms with Gasteiger partial charge in [0.2, 0.25) is 0 Å². The molecule has 2 heterocycles. The first-order valence-corrected chi connectivity index (χ1v) is 22.9. The molecule has 0 aliphatic heterocycles. The van der Waals surface area contributed by atoms with Crippen LogP contribution in [0.1, 0.15) is 0 Å². The van der Waals surface area contributed by atoms with Crippen LogP contribution in [-0.4, -0.2) is 14.5 Å². The minimum Gasteiger partial charge on any atom is -0.309 e. The van der Waals surface area contributed by atoms with Gasteiger partial charge in [-0.05, 0) is 90.5 Å². The summed E-state index contributed by atoms with van der Waals surface area (Å²) in [6, 6.07) is 89.4. The number of hydrogen-bond acceptors (Lipinski definition) is 2. The molecule has 0 amide bonds. The number of benzene rings is 11. The SMILES string of the molecule is c1ccc(-c2nc(-c3ccc(-c4c5ccccc5c(-c5ccccc5)c5c4ccc4ccccc45)cc3)cc(-c3cccc(-c4cccc5c6ccccc6n(-c6ccccc6)c45)c3)n2)cc1. The maximum Gasteiger partial charge on any atom is 0.160 e. The summed E-state index contributed by atoms with van der Waals surface area (Å²) in [6.07, 6.45) is 0. The molecule has 0 N–H and O–H groups in total. The smallest absolute Gasteiger partial charge is 0.160 e. The second-order valence-electron chi connectivity index (χ2n) is 17.2. The lowest BCUT2D eigenvalue weighted by molar-refractivity contribution is 1.18. The van der Waals surface area contributed by atoms with E-state index in [0.717, 1.165) is 50.5 Å². The highest BCUT2D eigenvalue weighted by Crippen LogP contribution is 2.47. The standard InChI is InChI=1S/C64H41N3/c1-4-19-44(20-5-1)61-54-30-13-12-29-53(54)60(56-39-38-42-18-10-11-27-50(42)62(56)61)45-36-34-43(35-37-45)57-41-58(66-64(65-57)46-21-6-2-7-22-46)48-24-16-23-47(40-48)51-31-17-32-55-52-28-14-15-33-59(52)67(63(51)55)49-25-8-3-9-26-49/h1-41H. The van der Waals surface area contributed by atoms with Gasteiger partial charge in [-0.1, -0.05) is 218 Å². The van der Waals surface area contributed by atoms with Gasteiger partial charge in [-0.2, -0.15) is 0 Å². The van der Waals surface area contributed by atoms with E-state index in [0.29, 0.717) is 5.82 Å². The molecule has 11 aromatic carbocycles.